The molecule has 1 fully saturated rings. The molecule has 0 bridgehead atoms. The number of rotatable bonds is 5. The second kappa shape index (κ2) is 9.13. The van der Waals surface area contributed by atoms with Gasteiger partial charge in [0.15, 0.2) is 11.5 Å². The first-order valence-corrected chi connectivity index (χ1v) is 12.9. The Morgan fingerprint density at radius 2 is 1.88 bits per heavy atom. The summed E-state index contributed by atoms with van der Waals surface area (Å²) < 4.78 is 44.2. The number of hydrogen-bond acceptors (Lipinski definition) is 8. The van der Waals surface area contributed by atoms with Gasteiger partial charge < -0.3 is 19.1 Å². The van der Waals surface area contributed by atoms with Crippen LogP contribution in [0.4, 0.5) is 5.69 Å². The van der Waals surface area contributed by atoms with Gasteiger partial charge in [-0.15, -0.1) is 0 Å². The molecule has 178 valence electrons. The molecule has 3 heterocycles. The summed E-state index contributed by atoms with van der Waals surface area (Å²) in [6.45, 7) is 3.93. The van der Waals surface area contributed by atoms with Gasteiger partial charge in [-0.05, 0) is 38.0 Å². The highest BCUT2D eigenvalue weighted by atomic mass is 32.2. The fourth-order valence-electron chi connectivity index (χ4n) is 4.58. The summed E-state index contributed by atoms with van der Waals surface area (Å²) in [7, 11) is -3.87. The lowest BCUT2D eigenvalue weighted by atomic mass is 9.97. The van der Waals surface area contributed by atoms with Crippen molar-refractivity contribution in [3.05, 3.63) is 48.7 Å². The standard InChI is InChI=1S/C25H26N2O6S/c1-2-31-25(28)17-7-6-10-27(16-17)24-19-13-21-22(33-12-11-32-21)14-20(19)26-15-23(24)34(29,30)18-8-4-3-5-9-18/h3-5,8-9,13-15,17H,2,6-7,10-12,16H2,1H3/t17-/m0/s1. The number of fused-ring (bicyclic) bond motifs is 2. The number of carbonyl (C=O) groups is 1. The van der Waals surface area contributed by atoms with Crippen LogP contribution in [0, 0.1) is 5.92 Å². The van der Waals surface area contributed by atoms with E-state index in [2.05, 4.69) is 4.98 Å². The molecule has 3 aromatic rings. The SMILES string of the molecule is CCOC(=O)[C@H]1CCCN(c2c(S(=O)(=O)c3ccccc3)cnc3cc4c(cc23)OCCO4)C1. The summed E-state index contributed by atoms with van der Waals surface area (Å²) in [6.07, 6.45) is 2.85. The van der Waals surface area contributed by atoms with Gasteiger partial charge in [0.2, 0.25) is 9.84 Å². The quantitative estimate of drug-likeness (QED) is 0.509. The maximum Gasteiger partial charge on any atom is 0.310 e. The van der Waals surface area contributed by atoms with E-state index >= 15 is 0 Å². The number of ether oxygens (including phenoxy) is 3. The fourth-order valence-corrected chi connectivity index (χ4v) is 6.03. The van der Waals surface area contributed by atoms with Gasteiger partial charge in [0, 0.05) is 30.7 Å². The van der Waals surface area contributed by atoms with Crippen molar-refractivity contribution in [2.75, 3.05) is 37.8 Å². The van der Waals surface area contributed by atoms with Crippen LogP contribution in [0.25, 0.3) is 10.9 Å². The van der Waals surface area contributed by atoms with Crippen LogP contribution < -0.4 is 14.4 Å². The zero-order valence-electron chi connectivity index (χ0n) is 18.9. The van der Waals surface area contributed by atoms with Gasteiger partial charge in [0.1, 0.15) is 18.1 Å². The Morgan fingerprint density at radius 3 is 2.62 bits per heavy atom. The van der Waals surface area contributed by atoms with Crippen molar-refractivity contribution in [1.82, 2.24) is 4.98 Å². The zero-order chi connectivity index (χ0) is 23.7. The minimum absolute atomic E-state index is 0.104. The van der Waals surface area contributed by atoms with Crippen LogP contribution in [0.2, 0.25) is 0 Å². The van der Waals surface area contributed by atoms with Crippen molar-refractivity contribution < 1.29 is 27.4 Å². The zero-order valence-corrected chi connectivity index (χ0v) is 19.7. The summed E-state index contributed by atoms with van der Waals surface area (Å²) in [4.78, 5) is 19.3. The van der Waals surface area contributed by atoms with Gasteiger partial charge in [-0.25, -0.2) is 8.42 Å². The van der Waals surface area contributed by atoms with Crippen molar-refractivity contribution >= 4 is 32.4 Å². The Bertz CT molecular complexity index is 1330. The van der Waals surface area contributed by atoms with E-state index in [-0.39, 0.29) is 21.7 Å². The van der Waals surface area contributed by atoms with Gasteiger partial charge in [-0.1, -0.05) is 18.2 Å². The van der Waals surface area contributed by atoms with Crippen molar-refractivity contribution in [1.29, 1.82) is 0 Å². The number of piperidine rings is 1. The summed E-state index contributed by atoms with van der Waals surface area (Å²) in [5, 5.41) is 0.644. The molecule has 2 aromatic carbocycles. The molecule has 9 heteroatoms. The van der Waals surface area contributed by atoms with E-state index in [4.69, 9.17) is 14.2 Å². The Hall–Kier alpha value is -3.33. The molecule has 2 aliphatic rings. The number of pyridine rings is 1. The van der Waals surface area contributed by atoms with Crippen molar-refractivity contribution in [2.24, 2.45) is 5.92 Å². The number of esters is 1. The average Bonchev–Trinajstić information content (AvgIpc) is 2.87. The van der Waals surface area contributed by atoms with Crippen LogP contribution in [0.5, 0.6) is 11.5 Å². The Morgan fingerprint density at radius 1 is 1.15 bits per heavy atom. The highest BCUT2D eigenvalue weighted by Gasteiger charge is 2.33. The van der Waals surface area contributed by atoms with E-state index in [0.29, 0.717) is 67.4 Å². The van der Waals surface area contributed by atoms with E-state index < -0.39 is 9.84 Å². The van der Waals surface area contributed by atoms with Crippen LogP contribution in [-0.4, -0.2) is 52.3 Å². The molecule has 0 aliphatic carbocycles. The first-order valence-electron chi connectivity index (χ1n) is 11.4. The number of carbonyl (C=O) groups excluding carboxylic acids is 1. The third-order valence-electron chi connectivity index (χ3n) is 6.17. The summed E-state index contributed by atoms with van der Waals surface area (Å²) in [5.41, 5.74) is 1.13. The predicted octanol–water partition coefficient (Wildman–Crippen LogP) is 3.62. The first-order chi connectivity index (χ1) is 16.5. The lowest BCUT2D eigenvalue weighted by Gasteiger charge is -2.35. The summed E-state index contributed by atoms with van der Waals surface area (Å²) >= 11 is 0. The van der Waals surface area contributed by atoms with Gasteiger partial charge in [0.05, 0.1) is 28.6 Å². The van der Waals surface area contributed by atoms with Gasteiger partial charge in [0.25, 0.3) is 0 Å². The molecular weight excluding hydrogens is 456 g/mol. The Kier molecular flexibility index (Phi) is 6.03. The smallest absolute Gasteiger partial charge is 0.310 e. The van der Waals surface area contributed by atoms with E-state index in [0.717, 1.165) is 6.42 Å². The lowest BCUT2D eigenvalue weighted by molar-refractivity contribution is -0.148. The maximum atomic E-state index is 13.7. The van der Waals surface area contributed by atoms with Crippen LogP contribution >= 0.6 is 0 Å². The topological polar surface area (TPSA) is 95.0 Å². The molecule has 0 amide bonds. The molecule has 0 saturated carbocycles. The molecular formula is C25H26N2O6S. The van der Waals surface area contributed by atoms with E-state index in [1.54, 1.807) is 49.4 Å². The number of aromatic nitrogens is 1. The van der Waals surface area contributed by atoms with E-state index in [9.17, 15) is 13.2 Å². The first kappa shape index (κ1) is 22.5. The minimum Gasteiger partial charge on any atom is -0.486 e. The maximum absolute atomic E-state index is 13.7. The molecule has 34 heavy (non-hydrogen) atoms. The molecule has 0 radical (unpaired) electrons. The number of benzene rings is 2. The molecule has 5 rings (SSSR count). The van der Waals surface area contributed by atoms with E-state index in [1.165, 1.54) is 6.20 Å². The molecule has 1 aromatic heterocycles. The van der Waals surface area contributed by atoms with Crippen LogP contribution in [-0.2, 0) is 19.4 Å². The van der Waals surface area contributed by atoms with Crippen molar-refractivity contribution in [3.63, 3.8) is 0 Å². The van der Waals surface area contributed by atoms with Crippen molar-refractivity contribution in [3.8, 4) is 11.5 Å². The molecule has 0 spiro atoms. The molecule has 1 saturated heterocycles. The van der Waals surface area contributed by atoms with Crippen LogP contribution in [0.1, 0.15) is 19.8 Å². The van der Waals surface area contributed by atoms with Crippen LogP contribution in [0.3, 0.4) is 0 Å². The molecule has 0 N–H and O–H groups in total. The second-order valence-electron chi connectivity index (χ2n) is 8.34. The highest BCUT2D eigenvalue weighted by Crippen LogP contribution is 2.42. The number of nitrogens with zero attached hydrogens (tertiary/aromatic N) is 2. The molecule has 0 unspecified atom stereocenters. The Labute approximate surface area is 198 Å². The molecule has 8 nitrogen and oxygen atoms in total. The lowest BCUT2D eigenvalue weighted by Crippen LogP contribution is -2.40. The summed E-state index contributed by atoms with van der Waals surface area (Å²) in [6, 6.07) is 11.9. The third kappa shape index (κ3) is 4.04. The number of hydrogen-bond donors (Lipinski definition) is 0. The fraction of sp³-hybridized carbons (Fsp3) is 0.360. The van der Waals surface area contributed by atoms with Gasteiger partial charge >= 0.3 is 5.97 Å². The number of sulfone groups is 1. The molecule has 2 aliphatic heterocycles. The predicted molar refractivity (Wildman–Crippen MR) is 126 cm³/mol. The van der Waals surface area contributed by atoms with Gasteiger partial charge in [-0.3, -0.25) is 9.78 Å². The van der Waals surface area contributed by atoms with Gasteiger partial charge in [-0.2, -0.15) is 0 Å². The van der Waals surface area contributed by atoms with E-state index in [1.807, 2.05) is 4.90 Å². The molecule has 1 atom stereocenters. The largest absolute Gasteiger partial charge is 0.486 e. The second-order valence-corrected chi connectivity index (χ2v) is 10.3. The van der Waals surface area contributed by atoms with Crippen molar-refractivity contribution in [2.45, 2.75) is 29.6 Å². The average molecular weight is 483 g/mol. The highest BCUT2D eigenvalue weighted by molar-refractivity contribution is 7.91. The Balaban J connectivity index is 1.69. The van der Waals surface area contributed by atoms with Crippen LogP contribution in [0.15, 0.2) is 58.5 Å². The monoisotopic (exact) mass is 482 g/mol. The number of anilines is 1. The minimum atomic E-state index is -3.87. The third-order valence-corrected chi connectivity index (χ3v) is 7.94. The summed E-state index contributed by atoms with van der Waals surface area (Å²) in [5.74, 6) is 0.544. The normalized spacial score (nSPS) is 18.0.